The number of carbonyl (C=O) groups is 1. The summed E-state index contributed by atoms with van der Waals surface area (Å²) >= 11 is 2.09. The van der Waals surface area contributed by atoms with Gasteiger partial charge < -0.3 is 25.8 Å². The zero-order valence-corrected chi connectivity index (χ0v) is 16.6. The van der Waals surface area contributed by atoms with Gasteiger partial charge in [-0.15, -0.1) is 0 Å². The van der Waals surface area contributed by atoms with Crippen LogP contribution in [0.15, 0.2) is 42.6 Å². The molecule has 1 atom stereocenters. The molecule has 0 bridgehead atoms. The third-order valence-electron chi connectivity index (χ3n) is 3.39. The van der Waals surface area contributed by atoms with Crippen molar-refractivity contribution in [1.29, 1.82) is 5.26 Å². The Hall–Kier alpha value is -2.42. The van der Waals surface area contributed by atoms with E-state index in [1.165, 1.54) is 0 Å². The Morgan fingerprint density at radius 1 is 1.30 bits per heavy atom. The van der Waals surface area contributed by atoms with Crippen LogP contribution in [0.5, 0.6) is 5.75 Å². The molecule has 0 spiro atoms. The lowest BCUT2D eigenvalue weighted by atomic mass is 10.2. The van der Waals surface area contributed by atoms with Crippen LogP contribution in [0.1, 0.15) is 5.56 Å². The van der Waals surface area contributed by atoms with Crippen molar-refractivity contribution in [2.75, 3.05) is 31.6 Å². The van der Waals surface area contributed by atoms with Gasteiger partial charge in [0.25, 0.3) is 0 Å². The molecule has 1 heterocycles. The van der Waals surface area contributed by atoms with E-state index < -0.39 is 6.10 Å². The maximum absolute atomic E-state index is 11.7. The number of para-hydroxylation sites is 1. The van der Waals surface area contributed by atoms with Gasteiger partial charge in [-0.05, 0) is 46.9 Å². The standard InChI is InChI=1S/C18H20IN5O3/c19-17-6-5-14(10-23-17)24-18(26)22-8-7-21-11-15(25)12-27-16-4-2-1-3-13(16)9-20/h1-6,10,15,21,25H,7-8,11-12H2,(H2,22,24,26)/t15-/m0/s1. The first-order chi connectivity index (χ1) is 13.1. The zero-order valence-electron chi connectivity index (χ0n) is 14.5. The molecule has 142 valence electrons. The van der Waals surface area contributed by atoms with Gasteiger partial charge in [0.2, 0.25) is 0 Å². The van der Waals surface area contributed by atoms with Crippen molar-refractivity contribution in [3.63, 3.8) is 0 Å². The van der Waals surface area contributed by atoms with Gasteiger partial charge >= 0.3 is 6.03 Å². The highest BCUT2D eigenvalue weighted by Crippen LogP contribution is 2.16. The molecular formula is C18H20IN5O3. The molecule has 0 radical (unpaired) electrons. The van der Waals surface area contributed by atoms with Crippen molar-refractivity contribution in [2.45, 2.75) is 6.10 Å². The predicted octanol–water partition coefficient (Wildman–Crippen LogP) is 1.71. The molecule has 27 heavy (non-hydrogen) atoms. The minimum absolute atomic E-state index is 0.0689. The number of nitriles is 1. The second-order valence-electron chi connectivity index (χ2n) is 5.53. The Morgan fingerprint density at radius 3 is 2.85 bits per heavy atom. The zero-order chi connectivity index (χ0) is 19.5. The van der Waals surface area contributed by atoms with Gasteiger partial charge in [-0.2, -0.15) is 5.26 Å². The number of rotatable bonds is 9. The molecule has 0 aliphatic heterocycles. The Labute approximate surface area is 171 Å². The summed E-state index contributed by atoms with van der Waals surface area (Å²) in [5.74, 6) is 0.447. The average molecular weight is 481 g/mol. The van der Waals surface area contributed by atoms with Crippen LogP contribution in [-0.4, -0.2) is 48.5 Å². The van der Waals surface area contributed by atoms with Crippen molar-refractivity contribution in [1.82, 2.24) is 15.6 Å². The van der Waals surface area contributed by atoms with Crippen LogP contribution in [-0.2, 0) is 0 Å². The number of hydrogen-bond donors (Lipinski definition) is 4. The second kappa shape index (κ2) is 11.3. The largest absolute Gasteiger partial charge is 0.489 e. The molecule has 9 heteroatoms. The lowest BCUT2D eigenvalue weighted by Crippen LogP contribution is -2.38. The number of halogens is 1. The van der Waals surface area contributed by atoms with E-state index in [2.05, 4.69) is 43.5 Å². The van der Waals surface area contributed by atoms with Crippen LogP contribution in [0.4, 0.5) is 10.5 Å². The number of benzene rings is 1. The monoisotopic (exact) mass is 481 g/mol. The average Bonchev–Trinajstić information content (AvgIpc) is 2.68. The van der Waals surface area contributed by atoms with E-state index in [-0.39, 0.29) is 12.6 Å². The normalized spacial score (nSPS) is 11.3. The summed E-state index contributed by atoms with van der Waals surface area (Å²) in [5.41, 5.74) is 1.04. The fraction of sp³-hybridized carbons (Fsp3) is 0.278. The maximum Gasteiger partial charge on any atom is 0.319 e. The number of nitrogens with zero attached hydrogens (tertiary/aromatic N) is 2. The third kappa shape index (κ3) is 7.78. The summed E-state index contributed by atoms with van der Waals surface area (Å²) < 4.78 is 6.31. The first-order valence-electron chi connectivity index (χ1n) is 8.25. The molecule has 0 aliphatic carbocycles. The second-order valence-corrected chi connectivity index (χ2v) is 6.63. The lowest BCUT2D eigenvalue weighted by molar-refractivity contribution is 0.106. The fourth-order valence-corrected chi connectivity index (χ4v) is 2.41. The molecule has 8 nitrogen and oxygen atoms in total. The topological polar surface area (TPSA) is 119 Å². The Kier molecular flexibility index (Phi) is 8.76. The summed E-state index contributed by atoms with van der Waals surface area (Å²) in [6.45, 7) is 1.26. The quantitative estimate of drug-likeness (QED) is 0.246. The van der Waals surface area contributed by atoms with Gasteiger partial charge in [0.1, 0.15) is 28.2 Å². The summed E-state index contributed by atoms with van der Waals surface area (Å²) in [6, 6.07) is 12.1. The molecule has 0 saturated carbocycles. The van der Waals surface area contributed by atoms with Crippen molar-refractivity contribution in [3.8, 4) is 11.8 Å². The Morgan fingerprint density at radius 2 is 2.11 bits per heavy atom. The summed E-state index contributed by atoms with van der Waals surface area (Å²) in [7, 11) is 0. The van der Waals surface area contributed by atoms with E-state index in [4.69, 9.17) is 10.00 Å². The fourth-order valence-electron chi connectivity index (χ4n) is 2.09. The first kappa shape index (κ1) is 20.9. The van der Waals surface area contributed by atoms with E-state index in [0.717, 1.165) is 3.70 Å². The van der Waals surface area contributed by atoms with Gasteiger partial charge in [-0.1, -0.05) is 12.1 Å². The van der Waals surface area contributed by atoms with E-state index in [1.54, 1.807) is 42.6 Å². The number of aromatic nitrogens is 1. The number of nitrogens with one attached hydrogen (secondary N) is 3. The van der Waals surface area contributed by atoms with E-state index in [0.29, 0.717) is 36.6 Å². The van der Waals surface area contributed by atoms with Gasteiger partial charge in [0, 0.05) is 19.6 Å². The molecule has 1 aromatic heterocycles. The number of urea groups is 1. The van der Waals surface area contributed by atoms with Gasteiger partial charge in [-0.25, -0.2) is 9.78 Å². The van der Waals surface area contributed by atoms with Crippen molar-refractivity contribution in [2.24, 2.45) is 0 Å². The number of ether oxygens (including phenoxy) is 1. The minimum Gasteiger partial charge on any atom is -0.489 e. The minimum atomic E-state index is -0.733. The third-order valence-corrected chi connectivity index (χ3v) is 4.03. The van der Waals surface area contributed by atoms with Gasteiger partial charge in [-0.3, -0.25) is 0 Å². The molecule has 4 N–H and O–H groups in total. The highest BCUT2D eigenvalue weighted by atomic mass is 127. The van der Waals surface area contributed by atoms with E-state index in [9.17, 15) is 9.90 Å². The molecule has 0 unspecified atom stereocenters. The Balaban J connectivity index is 1.57. The maximum atomic E-state index is 11.7. The van der Waals surface area contributed by atoms with Crippen LogP contribution in [0.2, 0.25) is 0 Å². The number of anilines is 1. The molecule has 2 rings (SSSR count). The Bertz CT molecular complexity index is 779. The van der Waals surface area contributed by atoms with Crippen LogP contribution in [0.3, 0.4) is 0 Å². The first-order valence-corrected chi connectivity index (χ1v) is 9.33. The number of amides is 2. The molecule has 0 fully saturated rings. The van der Waals surface area contributed by atoms with Crippen molar-refractivity contribution >= 4 is 34.3 Å². The van der Waals surface area contributed by atoms with Crippen molar-refractivity contribution < 1.29 is 14.6 Å². The molecular weight excluding hydrogens is 461 g/mol. The molecule has 0 aliphatic rings. The molecule has 0 saturated heterocycles. The van der Waals surface area contributed by atoms with Crippen LogP contribution in [0.25, 0.3) is 0 Å². The van der Waals surface area contributed by atoms with Crippen LogP contribution < -0.4 is 20.7 Å². The van der Waals surface area contributed by atoms with E-state index in [1.807, 2.05) is 6.07 Å². The SMILES string of the molecule is N#Cc1ccccc1OC[C@@H](O)CNCCNC(=O)Nc1ccc(I)nc1. The van der Waals surface area contributed by atoms with Crippen molar-refractivity contribution in [3.05, 3.63) is 51.9 Å². The molecule has 2 amide bonds. The van der Waals surface area contributed by atoms with Gasteiger partial charge in [0.05, 0.1) is 17.4 Å². The highest BCUT2D eigenvalue weighted by molar-refractivity contribution is 14.1. The number of aliphatic hydroxyl groups is 1. The number of hydrogen-bond acceptors (Lipinski definition) is 6. The molecule has 2 aromatic rings. The summed E-state index contributed by atoms with van der Waals surface area (Å²) in [5, 5.41) is 27.3. The summed E-state index contributed by atoms with van der Waals surface area (Å²) in [4.78, 5) is 15.8. The number of aliphatic hydroxyl groups excluding tert-OH is 1. The van der Waals surface area contributed by atoms with E-state index >= 15 is 0 Å². The van der Waals surface area contributed by atoms with Crippen LogP contribution >= 0.6 is 22.6 Å². The smallest absolute Gasteiger partial charge is 0.319 e. The highest BCUT2D eigenvalue weighted by Gasteiger charge is 2.08. The van der Waals surface area contributed by atoms with Crippen LogP contribution in [0, 0.1) is 15.0 Å². The molecule has 1 aromatic carbocycles. The lowest BCUT2D eigenvalue weighted by Gasteiger charge is -2.14. The predicted molar refractivity (Wildman–Crippen MR) is 110 cm³/mol. The summed E-state index contributed by atoms with van der Waals surface area (Å²) in [6.07, 6.45) is 0.851. The van der Waals surface area contributed by atoms with Gasteiger partial charge in [0.15, 0.2) is 0 Å². The number of carbonyl (C=O) groups excluding carboxylic acids is 1. The number of pyridine rings is 1.